The summed E-state index contributed by atoms with van der Waals surface area (Å²) in [6, 6.07) is 22.8. The van der Waals surface area contributed by atoms with Crippen molar-refractivity contribution in [3.63, 3.8) is 0 Å². The van der Waals surface area contributed by atoms with E-state index in [4.69, 9.17) is 34.8 Å². The van der Waals surface area contributed by atoms with Crippen LogP contribution in [-0.4, -0.2) is 31.0 Å². The summed E-state index contributed by atoms with van der Waals surface area (Å²) in [5.74, 6) is -0.121. The summed E-state index contributed by atoms with van der Waals surface area (Å²) in [7, 11) is -4.01. The Morgan fingerprint density at radius 1 is 0.857 bits per heavy atom. The second kappa shape index (κ2) is 13.6. The zero-order valence-corrected chi connectivity index (χ0v) is 23.1. The van der Waals surface area contributed by atoms with Gasteiger partial charge in [0, 0.05) is 16.0 Å². The molecule has 0 aliphatic carbocycles. The molecule has 3 aromatic carbocycles. The lowest BCUT2D eigenvalue weighted by molar-refractivity contribution is 0.483. The van der Waals surface area contributed by atoms with Gasteiger partial charge in [-0.3, -0.25) is 0 Å². The zero-order chi connectivity index (χ0) is 26.0. The zero-order valence-electron chi connectivity index (χ0n) is 20.0. The predicted octanol–water partition coefficient (Wildman–Crippen LogP) is 7.83. The van der Waals surface area contributed by atoms with Crippen LogP contribution in [0.15, 0.2) is 93.3 Å². The van der Waals surface area contributed by atoms with Crippen LogP contribution in [0.4, 0.5) is 0 Å². The van der Waals surface area contributed by atoms with Gasteiger partial charge in [-0.25, -0.2) is 5.01 Å². The molecule has 35 heavy (non-hydrogen) atoms. The highest BCUT2D eigenvalue weighted by Crippen LogP contribution is 2.30. The van der Waals surface area contributed by atoms with Gasteiger partial charge in [0.15, 0.2) is 0 Å². The third-order valence-electron chi connectivity index (χ3n) is 4.78. The van der Waals surface area contributed by atoms with Crippen molar-refractivity contribution in [1.29, 1.82) is 0 Å². The van der Waals surface area contributed by atoms with Gasteiger partial charge in [-0.05, 0) is 59.1 Å². The van der Waals surface area contributed by atoms with Gasteiger partial charge in [-0.15, -0.1) is 4.40 Å². The fraction of sp³-hybridized carbons (Fsp3) is 0.231. The summed E-state index contributed by atoms with van der Waals surface area (Å²) >= 11 is 18.2. The summed E-state index contributed by atoms with van der Waals surface area (Å²) in [6.45, 7) is 8.35. The third kappa shape index (κ3) is 7.55. The predicted molar refractivity (Wildman–Crippen MR) is 148 cm³/mol. The minimum atomic E-state index is -4.01. The maximum atomic E-state index is 12.6. The molecule has 0 saturated heterocycles. The van der Waals surface area contributed by atoms with E-state index >= 15 is 0 Å². The van der Waals surface area contributed by atoms with Crippen molar-refractivity contribution in [3.8, 4) is 0 Å². The monoisotopic (exact) mass is 551 g/mol. The Balaban J connectivity index is 0.00000103. The van der Waals surface area contributed by atoms with Crippen LogP contribution in [-0.2, 0) is 10.0 Å². The summed E-state index contributed by atoms with van der Waals surface area (Å²) < 4.78 is 29.1. The first-order chi connectivity index (χ1) is 16.8. The molecule has 3 aromatic rings. The molecule has 0 spiro atoms. The quantitative estimate of drug-likeness (QED) is 0.188. The molecule has 1 atom stereocenters. The molecule has 0 radical (unpaired) electrons. The second-order valence-electron chi connectivity index (χ2n) is 6.83. The van der Waals surface area contributed by atoms with E-state index in [2.05, 4.69) is 9.50 Å². The first-order valence-corrected chi connectivity index (χ1v) is 13.8. The van der Waals surface area contributed by atoms with Gasteiger partial charge < -0.3 is 0 Å². The van der Waals surface area contributed by atoms with E-state index in [9.17, 15) is 8.42 Å². The normalized spacial score (nSPS) is 15.4. The third-order valence-corrected chi connectivity index (χ3v) is 6.94. The van der Waals surface area contributed by atoms with Crippen molar-refractivity contribution in [3.05, 3.63) is 100 Å². The summed E-state index contributed by atoms with van der Waals surface area (Å²) in [5.41, 5.74) is 2.65. The molecule has 0 fully saturated rings. The number of hydrazone groups is 1. The molecule has 1 aliphatic heterocycles. The second-order valence-corrected chi connectivity index (χ2v) is 9.64. The van der Waals surface area contributed by atoms with E-state index in [-0.39, 0.29) is 16.1 Å². The van der Waals surface area contributed by atoms with Crippen molar-refractivity contribution >= 4 is 55.8 Å². The number of benzene rings is 3. The molecular formula is C26H28Cl3N3O2S. The summed E-state index contributed by atoms with van der Waals surface area (Å²) in [5, 5.41) is 6.80. The lowest BCUT2D eigenvalue weighted by atomic mass is 9.91. The molecule has 9 heteroatoms. The minimum Gasteiger partial charge on any atom is -0.236 e. The lowest BCUT2D eigenvalue weighted by Crippen LogP contribution is -2.23. The Kier molecular flexibility index (Phi) is 11.2. The highest BCUT2D eigenvalue weighted by molar-refractivity contribution is 7.90. The fourth-order valence-electron chi connectivity index (χ4n) is 3.25. The van der Waals surface area contributed by atoms with Gasteiger partial charge in [0.2, 0.25) is 5.29 Å². The van der Waals surface area contributed by atoms with Crippen molar-refractivity contribution in [2.24, 2.45) is 9.50 Å². The van der Waals surface area contributed by atoms with Crippen LogP contribution >= 0.6 is 34.8 Å². The van der Waals surface area contributed by atoms with Crippen molar-refractivity contribution < 1.29 is 8.42 Å². The molecule has 4 rings (SSSR count). The van der Waals surface area contributed by atoms with E-state index in [1.165, 1.54) is 29.3 Å². The standard InChI is InChI=1S/C22H16Cl3N3O2S.2C2H6/c23-17-8-6-16(7-9-17)21-20(15-4-2-1-3-5-15)14-28(26-21)22(25)27-31(29,30)19-12-10-18(24)11-13-19;2*1-2/h1-13,20H,14H2;2*1-2H3/b27-22-;;. The first-order valence-electron chi connectivity index (χ1n) is 11.3. The van der Waals surface area contributed by atoms with Crippen LogP contribution in [0.3, 0.4) is 0 Å². The molecule has 0 amide bonds. The van der Waals surface area contributed by atoms with Gasteiger partial charge >= 0.3 is 0 Å². The number of hydrogen-bond donors (Lipinski definition) is 0. The van der Waals surface area contributed by atoms with Crippen LogP contribution < -0.4 is 0 Å². The van der Waals surface area contributed by atoms with E-state index in [1.807, 2.05) is 70.2 Å². The van der Waals surface area contributed by atoms with Crippen LogP contribution in [0.1, 0.15) is 44.7 Å². The van der Waals surface area contributed by atoms with E-state index in [0.29, 0.717) is 16.6 Å². The summed E-state index contributed by atoms with van der Waals surface area (Å²) in [6.07, 6.45) is 0. The number of rotatable bonds is 4. The van der Waals surface area contributed by atoms with Crippen LogP contribution in [0, 0.1) is 0 Å². The highest BCUT2D eigenvalue weighted by Gasteiger charge is 2.31. The Bertz CT molecular complexity index is 1250. The van der Waals surface area contributed by atoms with E-state index in [0.717, 1.165) is 16.8 Å². The molecule has 0 saturated carbocycles. The molecule has 1 unspecified atom stereocenters. The Hall–Kier alpha value is -2.38. The average molecular weight is 553 g/mol. The fourth-order valence-corrected chi connectivity index (χ4v) is 4.76. The molecular weight excluding hydrogens is 525 g/mol. The number of sulfonamides is 1. The number of halogens is 3. The van der Waals surface area contributed by atoms with Gasteiger partial charge in [-0.2, -0.15) is 13.5 Å². The maximum Gasteiger partial charge on any atom is 0.285 e. The van der Waals surface area contributed by atoms with Crippen molar-refractivity contribution in [2.45, 2.75) is 38.5 Å². The van der Waals surface area contributed by atoms with Gasteiger partial charge in [0.05, 0.1) is 17.2 Å². The van der Waals surface area contributed by atoms with E-state index in [1.54, 1.807) is 12.1 Å². The van der Waals surface area contributed by atoms with Crippen LogP contribution in [0.2, 0.25) is 10.0 Å². The number of hydrogen-bond acceptors (Lipinski definition) is 3. The molecule has 5 nitrogen and oxygen atoms in total. The number of amidine groups is 1. The highest BCUT2D eigenvalue weighted by atomic mass is 35.5. The van der Waals surface area contributed by atoms with Gasteiger partial charge in [0.1, 0.15) is 0 Å². The molecule has 1 aliphatic rings. The minimum absolute atomic E-state index is 0.00393. The first kappa shape index (κ1) is 28.9. The molecule has 0 aromatic heterocycles. The smallest absolute Gasteiger partial charge is 0.236 e. The Morgan fingerprint density at radius 3 is 1.91 bits per heavy atom. The maximum absolute atomic E-state index is 12.6. The summed E-state index contributed by atoms with van der Waals surface area (Å²) in [4.78, 5) is -0.00393. The average Bonchev–Trinajstić information content (AvgIpc) is 3.33. The van der Waals surface area contributed by atoms with Crippen LogP contribution in [0.25, 0.3) is 0 Å². The largest absolute Gasteiger partial charge is 0.285 e. The van der Waals surface area contributed by atoms with Crippen molar-refractivity contribution in [1.82, 2.24) is 5.01 Å². The Labute approximate surface area is 223 Å². The Morgan fingerprint density at radius 2 is 1.37 bits per heavy atom. The van der Waals surface area contributed by atoms with Crippen molar-refractivity contribution in [2.75, 3.05) is 6.54 Å². The molecule has 0 bridgehead atoms. The number of nitrogens with zero attached hydrogens (tertiary/aromatic N) is 3. The molecule has 0 N–H and O–H groups in total. The molecule has 1 heterocycles. The van der Waals surface area contributed by atoms with E-state index < -0.39 is 10.0 Å². The lowest BCUT2D eigenvalue weighted by Gasteiger charge is -2.15. The van der Waals surface area contributed by atoms with Gasteiger partial charge in [-0.1, -0.05) is 93.4 Å². The SMILES string of the molecule is CC.CC.O=S(=O)(/N=C(/Cl)N1CC(c2ccccc2)C(c2ccc(Cl)cc2)=N1)c1ccc(Cl)cc1. The topological polar surface area (TPSA) is 62.1 Å². The van der Waals surface area contributed by atoms with Crippen LogP contribution in [0.5, 0.6) is 0 Å². The van der Waals surface area contributed by atoms with Gasteiger partial charge in [0.25, 0.3) is 10.0 Å². The molecule has 186 valence electrons.